The summed E-state index contributed by atoms with van der Waals surface area (Å²) in [5, 5.41) is 11.1. The molecule has 1 aliphatic heterocycles. The molecule has 3 heterocycles. The summed E-state index contributed by atoms with van der Waals surface area (Å²) in [5.74, 6) is 0. The number of hydrogen-bond acceptors (Lipinski definition) is 6. The lowest BCUT2D eigenvalue weighted by molar-refractivity contribution is 0.00578. The quantitative estimate of drug-likeness (QED) is 0.0689. The molecule has 3 aliphatic rings. The van der Waals surface area contributed by atoms with Crippen LogP contribution >= 0.6 is 14.9 Å². The summed E-state index contributed by atoms with van der Waals surface area (Å²) in [7, 11) is -5.07. The van der Waals surface area contributed by atoms with Gasteiger partial charge in [-0.05, 0) is 142 Å². The highest BCUT2D eigenvalue weighted by atomic mass is 31.2. The zero-order valence-electron chi connectivity index (χ0n) is 64.3. The van der Waals surface area contributed by atoms with E-state index in [4.69, 9.17) is 19.3 Å². The van der Waals surface area contributed by atoms with Gasteiger partial charge in [-0.25, -0.2) is 9.97 Å². The van der Waals surface area contributed by atoms with Crippen LogP contribution in [0.25, 0.3) is 88.1 Å². The summed E-state index contributed by atoms with van der Waals surface area (Å²) < 4.78 is 40.4. The van der Waals surface area contributed by atoms with E-state index in [9.17, 15) is 4.57 Å². The Hall–Kier alpha value is -12.8. The van der Waals surface area contributed by atoms with Gasteiger partial charge in [0.25, 0.3) is 0 Å². The van der Waals surface area contributed by atoms with Crippen LogP contribution in [0.2, 0.25) is 0 Å². The fourth-order valence-electron chi connectivity index (χ4n) is 18.0. The number of aromatic nitrogens is 2. The second-order valence-electron chi connectivity index (χ2n) is 30.8. The van der Waals surface area contributed by atoms with Crippen LogP contribution in [0.15, 0.2) is 413 Å². The molecule has 0 atom stereocenters. The maximum Gasteiger partial charge on any atom is 0.494 e. The largest absolute Gasteiger partial charge is 0.494 e. The maximum absolute atomic E-state index is 15.5. The van der Waals surface area contributed by atoms with Gasteiger partial charge >= 0.3 is 14.9 Å². The SMILES string of the molecule is CC1(C)OB(c2cccc(-c3nc4ccccc4c4c5c(ccc34)C(c3ccccc3)(c3ccccc3)c3ccccc3-5)c2)OC1(C)C.O=P(c1ccccc1)(c1ccccc1)c1cccc(-c2nc3ccccc3c3c4c(ccc23)C(c2ccccc2)(c2ccccc2)c2ccccc2-4)c1.O=[P+](c1ccccc1)c1ccccc1. The van der Waals surface area contributed by atoms with E-state index in [1.165, 1.54) is 77.5 Å². The van der Waals surface area contributed by atoms with Gasteiger partial charge in [-0.2, -0.15) is 0 Å². The van der Waals surface area contributed by atoms with Crippen LogP contribution in [0.5, 0.6) is 0 Å². The molecule has 0 bridgehead atoms. The third-order valence-corrected chi connectivity index (χ3v) is 28.5. The van der Waals surface area contributed by atoms with Gasteiger partial charge in [-0.3, -0.25) is 0 Å². The number of pyridine rings is 2. The maximum atomic E-state index is 15.5. The van der Waals surface area contributed by atoms with Crippen LogP contribution in [0.3, 0.4) is 0 Å². The van der Waals surface area contributed by atoms with E-state index in [1.54, 1.807) is 0 Å². The minimum Gasteiger partial charge on any atom is -0.399 e. The zero-order chi connectivity index (χ0) is 77.9. The summed E-state index contributed by atoms with van der Waals surface area (Å²) in [6.45, 7) is 8.38. The van der Waals surface area contributed by atoms with Crippen molar-refractivity contribution in [3.8, 4) is 44.8 Å². The Morgan fingerprint density at radius 2 is 0.635 bits per heavy atom. The van der Waals surface area contributed by atoms with Crippen molar-refractivity contribution in [2.75, 3.05) is 0 Å². The fraction of sp³-hybridized carbons (Fsp3) is 0.0755. The van der Waals surface area contributed by atoms with Gasteiger partial charge in [-0.15, -0.1) is 0 Å². The lowest BCUT2D eigenvalue weighted by atomic mass is 9.67. The first-order chi connectivity index (χ1) is 56.4. The van der Waals surface area contributed by atoms with E-state index in [2.05, 4.69) is 307 Å². The van der Waals surface area contributed by atoms with Crippen LogP contribution in [-0.4, -0.2) is 28.3 Å². The number of rotatable bonds is 12. The van der Waals surface area contributed by atoms with Crippen LogP contribution in [0, 0.1) is 0 Å². The van der Waals surface area contributed by atoms with Crippen LogP contribution in [0.1, 0.15) is 72.2 Å². The highest BCUT2D eigenvalue weighted by Gasteiger charge is 2.53. The van der Waals surface area contributed by atoms with Crippen molar-refractivity contribution in [2.45, 2.75) is 49.7 Å². The van der Waals surface area contributed by atoms with Gasteiger partial charge in [0.15, 0.2) is 17.8 Å². The Morgan fingerprint density at radius 3 is 1.04 bits per heavy atom. The average molecular weight is 1520 g/mol. The fourth-order valence-corrected chi connectivity index (χ4v) is 21.9. The van der Waals surface area contributed by atoms with Crippen LogP contribution in [0.4, 0.5) is 0 Å². The predicted octanol–water partition coefficient (Wildman–Crippen LogP) is 23.2. The van der Waals surface area contributed by atoms with Crippen molar-refractivity contribution in [1.29, 1.82) is 0 Å². The predicted molar refractivity (Wildman–Crippen MR) is 479 cm³/mol. The van der Waals surface area contributed by atoms with Crippen molar-refractivity contribution in [3.05, 3.63) is 457 Å². The number of fused-ring (bicyclic) bond motifs is 14. The molecule has 6 nitrogen and oxygen atoms in total. The molecule has 550 valence electrons. The van der Waals surface area contributed by atoms with Crippen molar-refractivity contribution in [1.82, 2.24) is 9.97 Å². The number of benzene rings is 16. The highest BCUT2D eigenvalue weighted by molar-refractivity contribution is 7.85. The first-order valence-corrected chi connectivity index (χ1v) is 42.3. The standard InChI is InChI=1S/C50H34NOP.C44H36BNO2.C12H10OP/c52-53(38-23-9-3-10-24-38,39-25-11-4-12-26-39)40-27-17-18-35(34-40)49-43-32-33-45-48(47(43)42-29-14-16-31-46(42)51-49)41-28-13-15-30-44(41)50(45,36-19-5-1-6-20-36)37-21-7-2-8-22-37;1-42(2)43(3,4)48-45(47-42)32-21-15-16-29(28-32)41-35-26-27-37-40(39(35)34-23-12-14-25-38(34)46-41)33-22-11-13-24-36(33)44(37,30-17-7-5-8-18-30)31-19-9-6-10-20-31;13-14(11-7-3-1-4-8-11)12-9-5-2-6-10-12/h1-34H;5-28H,1-4H3;1-10H/q;;+1. The Kier molecular flexibility index (Phi) is 18.6. The Morgan fingerprint density at radius 1 is 0.304 bits per heavy atom. The average Bonchev–Trinajstić information content (AvgIpc) is 1.53. The second-order valence-corrected chi connectivity index (χ2v) is 35.2. The first-order valence-electron chi connectivity index (χ1n) is 39.4. The van der Waals surface area contributed by atoms with Crippen molar-refractivity contribution < 1.29 is 18.4 Å². The normalized spacial score (nSPS) is 14.3. The summed E-state index contributed by atoms with van der Waals surface area (Å²) in [5.41, 5.74) is 20.0. The van der Waals surface area contributed by atoms with E-state index in [0.29, 0.717) is 0 Å². The van der Waals surface area contributed by atoms with Gasteiger partial charge in [0.1, 0.15) is 0 Å². The molecule has 2 aliphatic carbocycles. The number of para-hydroxylation sites is 2. The van der Waals surface area contributed by atoms with E-state index >= 15 is 4.57 Å². The van der Waals surface area contributed by atoms with Crippen molar-refractivity contribution in [3.63, 3.8) is 0 Å². The topological polar surface area (TPSA) is 78.4 Å². The van der Waals surface area contributed by atoms with E-state index < -0.39 is 44.1 Å². The van der Waals surface area contributed by atoms with Crippen molar-refractivity contribution >= 4 is 97.4 Å². The molecule has 0 N–H and O–H groups in total. The molecular weight excluding hydrogens is 1440 g/mol. The molecule has 16 aromatic carbocycles. The first kappa shape index (κ1) is 72.4. The molecule has 0 radical (unpaired) electrons. The highest BCUT2D eigenvalue weighted by Crippen LogP contribution is 2.61. The lowest BCUT2D eigenvalue weighted by Crippen LogP contribution is -2.41. The van der Waals surface area contributed by atoms with Gasteiger partial charge in [0.05, 0.1) is 44.5 Å². The molecule has 115 heavy (non-hydrogen) atoms. The van der Waals surface area contributed by atoms with E-state index in [1.807, 2.05) is 133 Å². The molecule has 0 amide bonds. The molecule has 9 heteroatoms. The molecule has 1 fully saturated rings. The minimum atomic E-state index is -3.20. The van der Waals surface area contributed by atoms with Gasteiger partial charge in [0.2, 0.25) is 0 Å². The second kappa shape index (κ2) is 29.6. The van der Waals surface area contributed by atoms with Gasteiger partial charge in [0, 0.05) is 59.4 Å². The number of hydrogen-bond donors (Lipinski definition) is 0. The Balaban J connectivity index is 0.000000132. The Labute approximate surface area is 672 Å². The summed E-state index contributed by atoms with van der Waals surface area (Å²) >= 11 is 0. The number of nitrogens with zero attached hydrogens (tertiary/aromatic N) is 2. The molecule has 0 saturated carbocycles. The molecule has 18 aromatic rings. The summed E-state index contributed by atoms with van der Waals surface area (Å²) in [4.78, 5) is 10.7. The van der Waals surface area contributed by atoms with Crippen LogP contribution < -0.4 is 32.0 Å². The molecule has 0 spiro atoms. The third kappa shape index (κ3) is 12.2. The molecule has 21 rings (SSSR count). The molecule has 1 saturated heterocycles. The van der Waals surface area contributed by atoms with Crippen molar-refractivity contribution in [2.24, 2.45) is 0 Å². The minimum absolute atomic E-state index is 0.417. The van der Waals surface area contributed by atoms with E-state index in [-0.39, 0.29) is 0 Å². The van der Waals surface area contributed by atoms with E-state index in [0.717, 1.165) is 87.1 Å². The molecule has 0 unspecified atom stereocenters. The van der Waals surface area contributed by atoms with Crippen LogP contribution in [-0.2, 0) is 29.3 Å². The third-order valence-electron chi connectivity index (χ3n) is 24.0. The van der Waals surface area contributed by atoms with Gasteiger partial charge in [-0.1, -0.05) is 375 Å². The monoisotopic (exact) mass is 1520 g/mol. The van der Waals surface area contributed by atoms with Gasteiger partial charge < -0.3 is 13.9 Å². The molecule has 2 aromatic heterocycles. The zero-order valence-corrected chi connectivity index (χ0v) is 66.0. The summed E-state index contributed by atoms with van der Waals surface area (Å²) in [6.07, 6.45) is 0. The summed E-state index contributed by atoms with van der Waals surface area (Å²) in [6, 6.07) is 144. The lowest BCUT2D eigenvalue weighted by Gasteiger charge is -2.34. The smallest absolute Gasteiger partial charge is 0.399 e. The Bertz CT molecular complexity index is 6590. The molecular formula is C106H80BN2O4P2+.